The van der Waals surface area contributed by atoms with Gasteiger partial charge in [-0.15, -0.1) is 0 Å². The van der Waals surface area contributed by atoms with E-state index in [1.807, 2.05) is 31.3 Å². The highest BCUT2D eigenvalue weighted by Crippen LogP contribution is 2.26. The van der Waals surface area contributed by atoms with Gasteiger partial charge < -0.3 is 9.30 Å². The van der Waals surface area contributed by atoms with Crippen molar-refractivity contribution in [1.82, 2.24) is 9.55 Å². The fourth-order valence-corrected chi connectivity index (χ4v) is 2.77. The summed E-state index contributed by atoms with van der Waals surface area (Å²) in [7, 11) is 0. The Morgan fingerprint density at radius 3 is 2.62 bits per heavy atom. The number of esters is 1. The van der Waals surface area contributed by atoms with Gasteiger partial charge >= 0.3 is 5.97 Å². The van der Waals surface area contributed by atoms with E-state index < -0.39 is 0 Å². The topological polar surface area (TPSA) is 44.1 Å². The summed E-state index contributed by atoms with van der Waals surface area (Å²) in [5, 5.41) is 0.679. The number of aromatic nitrogens is 2. The molecule has 2 aromatic carbocycles. The van der Waals surface area contributed by atoms with Crippen LogP contribution in [0.15, 0.2) is 48.7 Å². The van der Waals surface area contributed by atoms with Crippen LogP contribution >= 0.6 is 11.6 Å². The Morgan fingerprint density at radius 2 is 1.96 bits per heavy atom. The third-order valence-electron chi connectivity index (χ3n) is 3.95. The third-order valence-corrected chi connectivity index (χ3v) is 4.37. The van der Waals surface area contributed by atoms with Gasteiger partial charge in [-0.25, -0.2) is 9.37 Å². The van der Waals surface area contributed by atoms with Gasteiger partial charge in [-0.3, -0.25) is 4.79 Å². The molecule has 0 fully saturated rings. The van der Waals surface area contributed by atoms with E-state index in [2.05, 4.69) is 4.98 Å². The maximum Gasteiger partial charge on any atom is 0.313 e. The number of carbonyl (C=O) groups excluding carboxylic acids is 1. The fraction of sp³-hybridized carbons (Fsp3) is 0.200. The standard InChI is InChI=1S/C20H18ClFN2O2/c1-3-26-20(25)11-19-23-18(14-4-9-17(21)13(2)10-14)12-24(19)16-7-5-15(22)6-8-16/h4-10,12H,3,11H2,1-2H3. The molecule has 0 bridgehead atoms. The van der Waals surface area contributed by atoms with Crippen molar-refractivity contribution in [3.8, 4) is 16.9 Å². The molecule has 0 aliphatic rings. The minimum absolute atomic E-state index is 0.0256. The van der Waals surface area contributed by atoms with Crippen LogP contribution in [0.1, 0.15) is 18.3 Å². The van der Waals surface area contributed by atoms with Crippen LogP contribution < -0.4 is 0 Å². The maximum atomic E-state index is 13.3. The summed E-state index contributed by atoms with van der Waals surface area (Å²) in [6.45, 7) is 3.98. The van der Waals surface area contributed by atoms with Crippen molar-refractivity contribution in [3.63, 3.8) is 0 Å². The molecule has 3 rings (SSSR count). The molecule has 0 saturated heterocycles. The Bertz CT molecular complexity index is 935. The van der Waals surface area contributed by atoms with Crippen molar-refractivity contribution in [2.45, 2.75) is 20.3 Å². The van der Waals surface area contributed by atoms with E-state index in [0.29, 0.717) is 23.1 Å². The molecule has 0 radical (unpaired) electrons. The SMILES string of the molecule is CCOC(=O)Cc1nc(-c2ccc(Cl)c(C)c2)cn1-c1ccc(F)cc1. The van der Waals surface area contributed by atoms with Gasteiger partial charge in [0.15, 0.2) is 0 Å². The largest absolute Gasteiger partial charge is 0.466 e. The first-order valence-corrected chi connectivity index (χ1v) is 8.62. The molecule has 1 heterocycles. The molecule has 26 heavy (non-hydrogen) atoms. The average Bonchev–Trinajstić information content (AvgIpc) is 3.02. The summed E-state index contributed by atoms with van der Waals surface area (Å²) < 4.78 is 20.1. The Morgan fingerprint density at radius 1 is 1.23 bits per heavy atom. The Kier molecular flexibility index (Phi) is 5.38. The van der Waals surface area contributed by atoms with Crippen LogP contribution in [0.3, 0.4) is 0 Å². The Balaban J connectivity index is 2.05. The molecule has 0 unspecified atom stereocenters. The van der Waals surface area contributed by atoms with Gasteiger partial charge in [0.2, 0.25) is 0 Å². The quantitative estimate of drug-likeness (QED) is 0.607. The number of hydrogen-bond acceptors (Lipinski definition) is 3. The molecule has 134 valence electrons. The third kappa shape index (κ3) is 3.94. The first kappa shape index (κ1) is 18.1. The first-order chi connectivity index (χ1) is 12.5. The molecular formula is C20H18ClFN2O2. The lowest BCUT2D eigenvalue weighted by Gasteiger charge is -2.07. The van der Waals surface area contributed by atoms with E-state index in [1.54, 1.807) is 23.6 Å². The molecule has 0 saturated carbocycles. The Labute approximate surface area is 156 Å². The highest BCUT2D eigenvalue weighted by Gasteiger charge is 2.16. The second kappa shape index (κ2) is 7.70. The van der Waals surface area contributed by atoms with E-state index in [0.717, 1.165) is 16.8 Å². The Hall–Kier alpha value is -2.66. The molecule has 0 aliphatic carbocycles. The smallest absolute Gasteiger partial charge is 0.313 e. The van der Waals surface area contributed by atoms with Crippen LogP contribution in [0.4, 0.5) is 4.39 Å². The zero-order chi connectivity index (χ0) is 18.7. The fourth-order valence-electron chi connectivity index (χ4n) is 2.65. The van der Waals surface area contributed by atoms with Crippen LogP contribution in [0, 0.1) is 12.7 Å². The second-order valence-electron chi connectivity index (χ2n) is 5.83. The molecule has 1 aromatic heterocycles. The number of rotatable bonds is 5. The van der Waals surface area contributed by atoms with E-state index in [9.17, 15) is 9.18 Å². The molecule has 3 aromatic rings. The summed E-state index contributed by atoms with van der Waals surface area (Å²) in [6.07, 6.45) is 1.85. The van der Waals surface area contributed by atoms with Gasteiger partial charge in [-0.1, -0.05) is 17.7 Å². The summed E-state index contributed by atoms with van der Waals surface area (Å²) in [4.78, 5) is 16.5. The predicted octanol–water partition coefficient (Wildman–Crippen LogP) is 4.75. The van der Waals surface area contributed by atoms with Crippen LogP contribution in [0.5, 0.6) is 0 Å². The van der Waals surface area contributed by atoms with Crippen LogP contribution in [0.25, 0.3) is 16.9 Å². The molecule has 0 amide bonds. The maximum absolute atomic E-state index is 13.3. The van der Waals surface area contributed by atoms with Crippen LogP contribution in [-0.4, -0.2) is 22.1 Å². The van der Waals surface area contributed by atoms with Gasteiger partial charge in [0.25, 0.3) is 0 Å². The molecule has 6 heteroatoms. The zero-order valence-corrected chi connectivity index (χ0v) is 15.3. The summed E-state index contributed by atoms with van der Waals surface area (Å²) >= 11 is 6.10. The summed E-state index contributed by atoms with van der Waals surface area (Å²) in [6, 6.07) is 11.7. The van der Waals surface area contributed by atoms with E-state index >= 15 is 0 Å². The molecule has 0 atom stereocenters. The molecule has 0 aliphatic heterocycles. The van der Waals surface area contributed by atoms with Gasteiger partial charge in [0, 0.05) is 22.5 Å². The number of ether oxygens (including phenoxy) is 1. The number of imidazole rings is 1. The van der Waals surface area contributed by atoms with Gasteiger partial charge in [-0.05, 0) is 55.8 Å². The average molecular weight is 373 g/mol. The molecule has 4 nitrogen and oxygen atoms in total. The van der Waals surface area contributed by atoms with Crippen molar-refractivity contribution in [1.29, 1.82) is 0 Å². The lowest BCUT2D eigenvalue weighted by Crippen LogP contribution is -2.11. The van der Waals surface area contributed by atoms with Crippen LogP contribution in [-0.2, 0) is 16.0 Å². The van der Waals surface area contributed by atoms with Gasteiger partial charge in [0.1, 0.15) is 18.1 Å². The number of carbonyl (C=O) groups is 1. The number of nitrogens with zero attached hydrogens (tertiary/aromatic N) is 2. The molecular weight excluding hydrogens is 355 g/mol. The van der Waals surface area contributed by atoms with Crippen molar-refractivity contribution < 1.29 is 13.9 Å². The lowest BCUT2D eigenvalue weighted by atomic mass is 10.1. The summed E-state index contributed by atoms with van der Waals surface area (Å²) in [5.41, 5.74) is 3.24. The number of aryl methyl sites for hydroxylation is 1. The van der Waals surface area contributed by atoms with Crippen molar-refractivity contribution in [2.75, 3.05) is 6.61 Å². The van der Waals surface area contributed by atoms with Crippen molar-refractivity contribution in [2.24, 2.45) is 0 Å². The molecule has 0 N–H and O–H groups in total. The van der Waals surface area contributed by atoms with E-state index in [1.165, 1.54) is 12.1 Å². The van der Waals surface area contributed by atoms with Gasteiger partial charge in [-0.2, -0.15) is 0 Å². The minimum Gasteiger partial charge on any atom is -0.466 e. The second-order valence-corrected chi connectivity index (χ2v) is 6.24. The van der Waals surface area contributed by atoms with Gasteiger partial charge in [0.05, 0.1) is 12.3 Å². The van der Waals surface area contributed by atoms with Crippen molar-refractivity contribution >= 4 is 17.6 Å². The van der Waals surface area contributed by atoms with Crippen LogP contribution in [0.2, 0.25) is 5.02 Å². The summed E-state index contributed by atoms with van der Waals surface area (Å²) in [5.74, 6) is -0.160. The highest BCUT2D eigenvalue weighted by atomic mass is 35.5. The highest BCUT2D eigenvalue weighted by molar-refractivity contribution is 6.31. The number of hydrogen-bond donors (Lipinski definition) is 0. The molecule has 0 spiro atoms. The normalized spacial score (nSPS) is 10.8. The number of halogens is 2. The van der Waals surface area contributed by atoms with E-state index in [4.69, 9.17) is 16.3 Å². The first-order valence-electron chi connectivity index (χ1n) is 8.24. The van der Waals surface area contributed by atoms with Crippen molar-refractivity contribution in [3.05, 3.63) is 70.9 Å². The zero-order valence-electron chi connectivity index (χ0n) is 14.5. The number of benzene rings is 2. The monoisotopic (exact) mass is 372 g/mol. The predicted molar refractivity (Wildman–Crippen MR) is 99.0 cm³/mol. The minimum atomic E-state index is -0.361. The lowest BCUT2D eigenvalue weighted by molar-refractivity contribution is -0.142. The van der Waals surface area contributed by atoms with E-state index in [-0.39, 0.29) is 18.2 Å².